The molecule has 13 aliphatic rings. The highest BCUT2D eigenvalue weighted by molar-refractivity contribution is 5.08. The van der Waals surface area contributed by atoms with Crippen LogP contribution in [0.3, 0.4) is 0 Å². The van der Waals surface area contributed by atoms with Crippen molar-refractivity contribution >= 4 is 0 Å². The van der Waals surface area contributed by atoms with Gasteiger partial charge in [0.15, 0.2) is 0 Å². The standard InChI is InChI=1S/C12H21N.C10H19N.C7H13N.C7H15N.C6H8N2.C6H13N.C4H9N.C4H11N.2C3H7N/c13-8-12-2-1-9-3-10(6-12)5-11(4-9)7-12;1-10(2)8-4-3-7(6-11)9(10)5-8;8-7-4-5-1-2-6(7)3-5;8-6-7-4-2-1-3-5-7;7-5-6-1-3-8-4-2-6;7-6-4-2-1-3-5-6;5-3-4-1-2-4;1-4(2)3-5;4-3-1-2-3;1-2-3-4/h9-11H,1-8,13H2;7-9H,3-6,11H2,1-2H3;5-7H,1-4,8H2;7H,1-6,8H2;1-4H,5,7H2;6H,1-5,7H2;4H,1-3,5H2;4H,3,5H2,1-2H3;3H,1-2,4H2;2H,1,3-4H2. The molecule has 1 aromatic heterocycles. The van der Waals surface area contributed by atoms with Crippen LogP contribution in [0.5, 0.6) is 0 Å². The largest absolute Gasteiger partial charge is 0.330 e. The zero-order chi connectivity index (χ0) is 53.7. The monoisotopic (exact) mass is 1020 g/mol. The molecule has 1 heterocycles. The van der Waals surface area contributed by atoms with Crippen molar-refractivity contribution in [3.05, 3.63) is 42.7 Å². The first-order chi connectivity index (χ1) is 35.1. The van der Waals surface area contributed by atoms with Crippen LogP contribution in [0.25, 0.3) is 0 Å². The summed E-state index contributed by atoms with van der Waals surface area (Å²) in [4.78, 5) is 3.84. The molecule has 8 unspecified atom stereocenters. The van der Waals surface area contributed by atoms with Gasteiger partial charge in [-0.15, -0.1) is 6.58 Å². The summed E-state index contributed by atoms with van der Waals surface area (Å²) in [7, 11) is 0. The minimum atomic E-state index is 0.536. The maximum Gasteiger partial charge on any atom is 0.0271 e. The number of rotatable bonds is 7. The van der Waals surface area contributed by atoms with E-state index in [1.54, 1.807) is 18.5 Å². The Labute approximate surface area is 450 Å². The molecule has 0 amide bonds. The smallest absolute Gasteiger partial charge is 0.0271 e. The number of pyridine rings is 1. The molecule has 0 aliphatic heterocycles. The quantitative estimate of drug-likeness (QED) is 0.115. The molecule has 13 aliphatic carbocycles. The average Bonchev–Trinajstić information content (AvgIpc) is 4.37. The van der Waals surface area contributed by atoms with Crippen molar-refractivity contribution in [1.82, 2.24) is 4.98 Å². The van der Waals surface area contributed by atoms with Crippen molar-refractivity contribution in [2.75, 3.05) is 39.3 Å². The molecule has 13 saturated carbocycles. The molecule has 8 atom stereocenters. The van der Waals surface area contributed by atoms with Crippen molar-refractivity contribution in [1.29, 1.82) is 0 Å². The van der Waals surface area contributed by atoms with Crippen LogP contribution in [0, 0.1) is 75.9 Å². The van der Waals surface area contributed by atoms with Crippen LogP contribution >= 0.6 is 0 Å². The number of aromatic nitrogens is 1. The van der Waals surface area contributed by atoms with Gasteiger partial charge in [-0.3, -0.25) is 4.98 Å². The van der Waals surface area contributed by atoms with Crippen molar-refractivity contribution in [2.24, 2.45) is 133 Å². The first-order valence-corrected chi connectivity index (χ1v) is 30.8. The SMILES string of the molecule is C=CCN.CC(C)CN.CC1(C)C2CCC(CN)C1C2.NC1CC1.NC1CC2CCC1C2.NC1CCCCC1.NCC12CCC3CC(CC(C3)C1)C2.NCC1CC1.NCC1CCCCC1.NCc1ccncc1. The van der Waals surface area contributed by atoms with Gasteiger partial charge in [-0.05, 0) is 261 Å². The normalized spacial score (nSPS) is 32.5. The van der Waals surface area contributed by atoms with Crippen molar-refractivity contribution in [2.45, 2.75) is 232 Å². The van der Waals surface area contributed by atoms with Crippen LogP contribution in [-0.2, 0) is 6.54 Å². The molecule has 0 saturated heterocycles. The average molecular weight is 1020 g/mol. The number of nitrogens with two attached hydrogens (primary N) is 10. The van der Waals surface area contributed by atoms with E-state index in [1.807, 2.05) is 12.1 Å². The molecule has 20 N–H and O–H groups in total. The summed E-state index contributed by atoms with van der Waals surface area (Å²) >= 11 is 0. The Hall–Kier alpha value is -1.51. The highest BCUT2D eigenvalue weighted by Crippen LogP contribution is 2.61. The summed E-state index contributed by atoms with van der Waals surface area (Å²) in [5.74, 6) is 10.4. The lowest BCUT2D eigenvalue weighted by molar-refractivity contribution is -0.101. The van der Waals surface area contributed by atoms with Gasteiger partial charge in [0.1, 0.15) is 0 Å². The van der Waals surface area contributed by atoms with Crippen LogP contribution in [-0.4, -0.2) is 62.4 Å². The van der Waals surface area contributed by atoms with Crippen LogP contribution in [0.15, 0.2) is 37.2 Å². The highest BCUT2D eigenvalue weighted by atomic mass is 14.7. The van der Waals surface area contributed by atoms with E-state index in [2.05, 4.69) is 39.3 Å². The summed E-state index contributed by atoms with van der Waals surface area (Å²) < 4.78 is 0. The summed E-state index contributed by atoms with van der Waals surface area (Å²) in [6.07, 6.45) is 44.6. The molecule has 11 nitrogen and oxygen atoms in total. The second kappa shape index (κ2) is 36.6. The lowest BCUT2D eigenvalue weighted by Crippen LogP contribution is -2.53. The Bertz CT molecular complexity index is 1470. The number of nitrogens with zero attached hydrogens (tertiary/aromatic N) is 1. The molecular weight excluding hydrogens is 899 g/mol. The van der Waals surface area contributed by atoms with E-state index in [9.17, 15) is 0 Å². The van der Waals surface area contributed by atoms with Gasteiger partial charge in [0, 0.05) is 43.6 Å². The Kier molecular flexibility index (Phi) is 32.9. The topological polar surface area (TPSA) is 273 Å². The Morgan fingerprint density at radius 2 is 1.10 bits per heavy atom. The van der Waals surface area contributed by atoms with E-state index in [0.29, 0.717) is 48.0 Å². The maximum atomic E-state index is 6.00. The molecule has 8 bridgehead atoms. The Balaban J connectivity index is 0.000000219. The van der Waals surface area contributed by atoms with E-state index in [4.69, 9.17) is 57.3 Å². The van der Waals surface area contributed by atoms with Crippen LogP contribution in [0.4, 0.5) is 0 Å². The highest BCUT2D eigenvalue weighted by Gasteiger charge is 2.53. The molecule has 0 radical (unpaired) electrons. The number of hydrogen-bond acceptors (Lipinski definition) is 11. The van der Waals surface area contributed by atoms with E-state index in [-0.39, 0.29) is 0 Å². The fourth-order valence-corrected chi connectivity index (χ4v) is 13.6. The molecule has 11 heteroatoms. The van der Waals surface area contributed by atoms with Gasteiger partial charge in [0.2, 0.25) is 0 Å². The van der Waals surface area contributed by atoms with Crippen LogP contribution in [0.2, 0.25) is 0 Å². The fourth-order valence-electron chi connectivity index (χ4n) is 13.6. The van der Waals surface area contributed by atoms with Gasteiger partial charge in [-0.2, -0.15) is 0 Å². The molecule has 0 aromatic carbocycles. The second-order valence-corrected chi connectivity index (χ2v) is 26.1. The van der Waals surface area contributed by atoms with E-state index in [1.165, 1.54) is 180 Å². The van der Waals surface area contributed by atoms with Gasteiger partial charge < -0.3 is 57.3 Å². The molecule has 14 rings (SSSR count). The Morgan fingerprint density at radius 3 is 1.38 bits per heavy atom. The zero-order valence-corrected chi connectivity index (χ0v) is 48.1. The third-order valence-corrected chi connectivity index (χ3v) is 19.0. The summed E-state index contributed by atoms with van der Waals surface area (Å²) in [6, 6.07) is 5.50. The lowest BCUT2D eigenvalue weighted by atomic mass is 9.45. The lowest BCUT2D eigenvalue weighted by Gasteiger charge is -2.60. The van der Waals surface area contributed by atoms with Gasteiger partial charge in [-0.25, -0.2) is 0 Å². The van der Waals surface area contributed by atoms with E-state index >= 15 is 0 Å². The van der Waals surface area contributed by atoms with Crippen molar-refractivity contribution < 1.29 is 0 Å². The minimum absolute atomic E-state index is 0.536. The first-order valence-electron chi connectivity index (χ1n) is 30.8. The minimum Gasteiger partial charge on any atom is -0.330 e. The number of hydrogen-bond donors (Lipinski definition) is 10. The van der Waals surface area contributed by atoms with Gasteiger partial charge in [-0.1, -0.05) is 78.7 Å². The number of fused-ring (bicyclic) bond motifs is 5. The molecule has 1 aromatic rings. The molecular formula is C62H123N11. The zero-order valence-electron chi connectivity index (χ0n) is 48.1. The van der Waals surface area contributed by atoms with Gasteiger partial charge in [0.25, 0.3) is 0 Å². The fraction of sp³-hybridized carbons (Fsp3) is 0.887. The first kappa shape index (κ1) is 65.8. The summed E-state index contributed by atoms with van der Waals surface area (Å²) in [6.45, 7) is 18.1. The molecule has 0 spiro atoms. The van der Waals surface area contributed by atoms with Gasteiger partial charge in [0.05, 0.1) is 0 Å². The van der Waals surface area contributed by atoms with E-state index in [0.717, 1.165) is 97.5 Å². The third kappa shape index (κ3) is 26.1. The predicted octanol–water partition coefficient (Wildman–Crippen LogP) is 10.2. The van der Waals surface area contributed by atoms with Crippen molar-refractivity contribution in [3.8, 4) is 0 Å². The predicted molar refractivity (Wildman–Crippen MR) is 316 cm³/mol. The van der Waals surface area contributed by atoms with E-state index < -0.39 is 0 Å². The Morgan fingerprint density at radius 1 is 0.589 bits per heavy atom. The molecule has 73 heavy (non-hydrogen) atoms. The second-order valence-electron chi connectivity index (χ2n) is 26.1. The van der Waals surface area contributed by atoms with Crippen LogP contribution in [0.1, 0.15) is 213 Å². The summed E-state index contributed by atoms with van der Waals surface area (Å²) in [5, 5.41) is 0. The molecule has 13 fully saturated rings. The third-order valence-electron chi connectivity index (χ3n) is 19.0. The summed E-state index contributed by atoms with van der Waals surface area (Å²) in [5.41, 5.74) is 56.9. The van der Waals surface area contributed by atoms with Crippen LogP contribution < -0.4 is 57.3 Å². The van der Waals surface area contributed by atoms with Crippen molar-refractivity contribution in [3.63, 3.8) is 0 Å². The molecule has 426 valence electrons. The maximum absolute atomic E-state index is 6.00. The van der Waals surface area contributed by atoms with Gasteiger partial charge >= 0.3 is 0 Å².